The highest BCUT2D eigenvalue weighted by Crippen LogP contribution is 2.18. The predicted molar refractivity (Wildman–Crippen MR) is 151 cm³/mol. The van der Waals surface area contributed by atoms with Crippen LogP contribution in [0.3, 0.4) is 0 Å². The zero-order valence-electron chi connectivity index (χ0n) is 24.9. The molecule has 0 spiro atoms. The summed E-state index contributed by atoms with van der Waals surface area (Å²) in [5, 5.41) is 67.2. The summed E-state index contributed by atoms with van der Waals surface area (Å²) in [6.07, 6.45) is -0.0600. The number of aliphatic carboxylic acids is 3. The molecule has 0 aliphatic rings. The van der Waals surface area contributed by atoms with E-state index in [-0.39, 0.29) is 55.4 Å². The molecule has 0 bridgehead atoms. The van der Waals surface area contributed by atoms with Crippen molar-refractivity contribution in [1.29, 1.82) is 0 Å². The molecule has 238 valence electrons. The highest BCUT2D eigenvalue weighted by molar-refractivity contribution is 5.85. The van der Waals surface area contributed by atoms with Crippen molar-refractivity contribution in [3.63, 3.8) is 0 Å². The molecular weight excluding hydrogens is 532 g/mol. The molecule has 3 atom stereocenters. The Morgan fingerprint density at radius 1 is 0.675 bits per heavy atom. The van der Waals surface area contributed by atoms with E-state index in [0.717, 1.165) is 0 Å². The van der Waals surface area contributed by atoms with Crippen molar-refractivity contribution in [2.24, 2.45) is 5.41 Å². The Morgan fingerprint density at radius 3 is 1.10 bits per heavy atom. The summed E-state index contributed by atoms with van der Waals surface area (Å²) in [6.45, 7) is 21.3. The van der Waals surface area contributed by atoms with Gasteiger partial charge in [-0.25, -0.2) is 14.4 Å². The van der Waals surface area contributed by atoms with Gasteiger partial charge in [0.25, 0.3) is 0 Å². The number of aliphatic hydroxyl groups excluding tert-OH is 5. The standard InChI is InChI=1S/C9H20O4.C6H14O3.3C4H6O2/c1-7(11)5-12-9(3)6-13-8(2)4-10;1-2-6(3-7,4-8)5-9;3*1-3(2)4(5)6/h7-11H,4-6H2,1-3H3;7-9H,2-5H2,1H3;3*1H2,2H3,(H,5,6). The van der Waals surface area contributed by atoms with Crippen LogP contribution in [0, 0.1) is 5.41 Å². The molecule has 3 unspecified atom stereocenters. The van der Waals surface area contributed by atoms with Crippen molar-refractivity contribution in [1.82, 2.24) is 0 Å². The summed E-state index contributed by atoms with van der Waals surface area (Å²) in [5.74, 6) is -2.81. The van der Waals surface area contributed by atoms with E-state index in [1.165, 1.54) is 20.8 Å². The minimum absolute atomic E-state index is 0.0170. The molecule has 13 heteroatoms. The number of rotatable bonds is 14. The molecule has 0 rings (SSSR count). The molecule has 0 radical (unpaired) electrons. The van der Waals surface area contributed by atoms with Gasteiger partial charge in [-0.05, 0) is 48.0 Å². The summed E-state index contributed by atoms with van der Waals surface area (Å²) in [6, 6.07) is 0. The van der Waals surface area contributed by atoms with Crippen molar-refractivity contribution in [2.45, 2.75) is 73.2 Å². The van der Waals surface area contributed by atoms with Gasteiger partial charge < -0.3 is 50.3 Å². The third kappa shape index (κ3) is 37.5. The van der Waals surface area contributed by atoms with E-state index in [2.05, 4.69) is 19.7 Å². The third-order valence-corrected chi connectivity index (χ3v) is 4.35. The van der Waals surface area contributed by atoms with Crippen LogP contribution in [0.1, 0.15) is 54.9 Å². The number of carboxylic acid groups (broad SMARTS) is 3. The molecule has 0 fully saturated rings. The van der Waals surface area contributed by atoms with E-state index in [4.69, 9.17) is 50.3 Å². The molecule has 0 aromatic rings. The van der Waals surface area contributed by atoms with E-state index in [0.29, 0.717) is 19.6 Å². The van der Waals surface area contributed by atoms with E-state index >= 15 is 0 Å². The Morgan fingerprint density at radius 2 is 0.950 bits per heavy atom. The molecule has 0 saturated carbocycles. The first-order chi connectivity index (χ1) is 18.2. The molecule has 40 heavy (non-hydrogen) atoms. The molecule has 0 aromatic carbocycles. The summed E-state index contributed by atoms with van der Waals surface area (Å²) in [4.78, 5) is 28.8. The van der Waals surface area contributed by atoms with Crippen LogP contribution in [0.15, 0.2) is 36.5 Å². The van der Waals surface area contributed by atoms with E-state index in [1.54, 1.807) is 13.8 Å². The Kier molecular flexibility index (Phi) is 34.6. The van der Waals surface area contributed by atoms with Crippen LogP contribution in [0.5, 0.6) is 0 Å². The lowest BCUT2D eigenvalue weighted by Gasteiger charge is -2.24. The molecule has 0 aliphatic carbocycles. The Balaban J connectivity index is -0.000000133. The topological polar surface area (TPSA) is 232 Å². The lowest BCUT2D eigenvalue weighted by molar-refractivity contribution is -0.133. The van der Waals surface area contributed by atoms with E-state index in [1.807, 2.05) is 13.8 Å². The van der Waals surface area contributed by atoms with Gasteiger partial charge in [0.1, 0.15) is 0 Å². The van der Waals surface area contributed by atoms with Gasteiger partial charge in [0.05, 0.1) is 58.0 Å². The summed E-state index contributed by atoms with van der Waals surface area (Å²) >= 11 is 0. The van der Waals surface area contributed by atoms with Crippen molar-refractivity contribution in [2.75, 3.05) is 39.6 Å². The number of carbonyl (C=O) groups is 3. The molecule has 0 aromatic heterocycles. The maximum Gasteiger partial charge on any atom is 0.330 e. The van der Waals surface area contributed by atoms with Gasteiger partial charge in [0, 0.05) is 22.1 Å². The summed E-state index contributed by atoms with van der Waals surface area (Å²) < 4.78 is 10.5. The highest BCUT2D eigenvalue weighted by atomic mass is 16.5. The van der Waals surface area contributed by atoms with Crippen LogP contribution < -0.4 is 0 Å². The van der Waals surface area contributed by atoms with Crippen molar-refractivity contribution >= 4 is 17.9 Å². The maximum atomic E-state index is 9.60. The van der Waals surface area contributed by atoms with Crippen LogP contribution in [0.4, 0.5) is 0 Å². The second-order valence-electron chi connectivity index (χ2n) is 8.90. The van der Waals surface area contributed by atoms with Crippen molar-refractivity contribution in [3.05, 3.63) is 36.5 Å². The van der Waals surface area contributed by atoms with Gasteiger partial charge in [0.15, 0.2) is 0 Å². The van der Waals surface area contributed by atoms with Gasteiger partial charge in [-0.3, -0.25) is 0 Å². The van der Waals surface area contributed by atoms with Gasteiger partial charge in [-0.2, -0.15) is 0 Å². The lowest BCUT2D eigenvalue weighted by atomic mass is 9.88. The third-order valence-electron chi connectivity index (χ3n) is 4.35. The number of hydrogen-bond donors (Lipinski definition) is 8. The number of aliphatic hydroxyl groups is 5. The molecule has 13 nitrogen and oxygen atoms in total. The first-order valence-corrected chi connectivity index (χ1v) is 12.2. The Labute approximate surface area is 237 Å². The van der Waals surface area contributed by atoms with Gasteiger partial charge in [-0.15, -0.1) is 0 Å². The fourth-order valence-corrected chi connectivity index (χ4v) is 1.19. The zero-order chi connectivity index (χ0) is 33.1. The maximum absolute atomic E-state index is 9.60. The van der Waals surface area contributed by atoms with Gasteiger partial charge >= 0.3 is 17.9 Å². The number of carboxylic acids is 3. The Bertz CT molecular complexity index is 603. The quantitative estimate of drug-likeness (QED) is 0.135. The minimum Gasteiger partial charge on any atom is -0.478 e. The molecular formula is C27H52O13. The van der Waals surface area contributed by atoms with Crippen LogP contribution in [0.25, 0.3) is 0 Å². The zero-order valence-corrected chi connectivity index (χ0v) is 24.9. The van der Waals surface area contributed by atoms with Crippen LogP contribution >= 0.6 is 0 Å². The second kappa shape index (κ2) is 29.3. The SMILES string of the molecule is C=C(C)C(=O)O.C=C(C)C(=O)O.C=C(C)C(=O)O.CC(O)COC(C)COC(C)CO.CCC(CO)(CO)CO. The highest BCUT2D eigenvalue weighted by Gasteiger charge is 2.24. The average Bonchev–Trinajstić information content (AvgIpc) is 2.89. The lowest BCUT2D eigenvalue weighted by Crippen LogP contribution is -2.32. The van der Waals surface area contributed by atoms with Crippen molar-refractivity contribution < 1.29 is 64.7 Å². The molecule has 0 heterocycles. The molecule has 0 aliphatic heterocycles. The second-order valence-corrected chi connectivity index (χ2v) is 8.90. The molecule has 8 N–H and O–H groups in total. The van der Waals surface area contributed by atoms with E-state index in [9.17, 15) is 14.4 Å². The first kappa shape index (κ1) is 47.2. The van der Waals surface area contributed by atoms with Crippen LogP contribution in [-0.2, 0) is 23.9 Å². The first-order valence-electron chi connectivity index (χ1n) is 12.2. The fraction of sp³-hybridized carbons (Fsp3) is 0.667. The predicted octanol–water partition coefficient (Wildman–Crippen LogP) is 1.47. The Hall–Kier alpha value is -2.65. The number of hydrogen-bond acceptors (Lipinski definition) is 10. The number of ether oxygens (including phenoxy) is 2. The van der Waals surface area contributed by atoms with Crippen LogP contribution in [0.2, 0.25) is 0 Å². The largest absolute Gasteiger partial charge is 0.478 e. The fourth-order valence-electron chi connectivity index (χ4n) is 1.19. The average molecular weight is 585 g/mol. The summed E-state index contributed by atoms with van der Waals surface area (Å²) in [7, 11) is 0. The monoisotopic (exact) mass is 584 g/mol. The van der Waals surface area contributed by atoms with E-state index < -0.39 is 29.4 Å². The molecule has 0 amide bonds. The van der Waals surface area contributed by atoms with Crippen LogP contribution in [-0.4, -0.2) is 117 Å². The minimum atomic E-state index is -0.935. The summed E-state index contributed by atoms with van der Waals surface area (Å²) in [5.41, 5.74) is -0.139. The van der Waals surface area contributed by atoms with Gasteiger partial charge in [-0.1, -0.05) is 26.7 Å². The smallest absolute Gasteiger partial charge is 0.330 e. The normalized spacial score (nSPS) is 12.0. The molecule has 0 saturated heterocycles. The van der Waals surface area contributed by atoms with Crippen molar-refractivity contribution in [3.8, 4) is 0 Å². The van der Waals surface area contributed by atoms with Gasteiger partial charge in [0.2, 0.25) is 0 Å².